The third-order valence-corrected chi connectivity index (χ3v) is 1.02. The zero-order valence-electron chi connectivity index (χ0n) is 3.81. The van der Waals surface area contributed by atoms with Gasteiger partial charge >= 0.3 is 0 Å². The van der Waals surface area contributed by atoms with Crippen LogP contribution in [-0.4, -0.2) is 23.8 Å². The van der Waals surface area contributed by atoms with Crippen molar-refractivity contribution in [3.8, 4) is 0 Å². The Morgan fingerprint density at radius 1 is 2.00 bits per heavy atom. The molecule has 0 bridgehead atoms. The van der Waals surface area contributed by atoms with Crippen LogP contribution in [0.3, 0.4) is 0 Å². The van der Waals surface area contributed by atoms with Gasteiger partial charge in [-0.3, -0.25) is 0 Å². The second-order valence-corrected chi connectivity index (χ2v) is 1.76. The summed E-state index contributed by atoms with van der Waals surface area (Å²) >= 11 is 0. The van der Waals surface area contributed by atoms with E-state index in [0.29, 0.717) is 6.04 Å². The Bertz CT molecular complexity index is 49.5. The van der Waals surface area contributed by atoms with Crippen molar-refractivity contribution in [1.82, 2.24) is 5.32 Å². The van der Waals surface area contributed by atoms with Gasteiger partial charge in [-0.15, -0.1) is 0 Å². The summed E-state index contributed by atoms with van der Waals surface area (Å²) in [5.74, 6) is 0. The monoisotopic (exact) mass is 87.1 g/mol. The summed E-state index contributed by atoms with van der Waals surface area (Å²) in [7, 11) is 0. The van der Waals surface area contributed by atoms with E-state index < -0.39 is 0 Å². The summed E-state index contributed by atoms with van der Waals surface area (Å²) in [5.41, 5.74) is 0. The predicted molar refractivity (Wildman–Crippen MR) is 23.5 cm³/mol. The maximum atomic E-state index is 8.63. The van der Waals surface area contributed by atoms with Gasteiger partial charge in [-0.2, -0.15) is 0 Å². The van der Waals surface area contributed by atoms with Crippen molar-refractivity contribution in [3.63, 3.8) is 0 Å². The molecule has 0 aliphatic carbocycles. The lowest BCUT2D eigenvalue weighted by Crippen LogP contribution is -2.10. The molecule has 0 aromatic carbocycles. The molecule has 2 unspecified atom stereocenters. The Morgan fingerprint density at radius 3 is 2.50 bits per heavy atom. The van der Waals surface area contributed by atoms with Crippen molar-refractivity contribution in [2.24, 2.45) is 0 Å². The highest BCUT2D eigenvalue weighted by atomic mass is 16.3. The third kappa shape index (κ3) is 0.698. The van der Waals surface area contributed by atoms with Gasteiger partial charge in [-0.1, -0.05) is 0 Å². The molecule has 0 spiro atoms. The average Bonchev–Trinajstić information content (AvgIpc) is 2.06. The molecule has 1 aliphatic heterocycles. The van der Waals surface area contributed by atoms with Crippen LogP contribution >= 0.6 is 0 Å². The topological polar surface area (TPSA) is 42.2 Å². The molecule has 0 radical (unpaired) electrons. The first-order valence-corrected chi connectivity index (χ1v) is 2.22. The maximum absolute atomic E-state index is 8.63. The largest absolute Gasteiger partial charge is 0.392 e. The van der Waals surface area contributed by atoms with Gasteiger partial charge in [0.05, 0.1) is 6.10 Å². The van der Waals surface area contributed by atoms with Crippen LogP contribution < -0.4 is 5.32 Å². The lowest BCUT2D eigenvalue weighted by atomic mass is 10.3. The molecular formula is C4H9NO. The van der Waals surface area contributed by atoms with Gasteiger partial charge in [-0.05, 0) is 6.92 Å². The SMILES string of the molecule is CC(O)C1CN1. The van der Waals surface area contributed by atoms with Crippen LogP contribution in [0.25, 0.3) is 0 Å². The van der Waals surface area contributed by atoms with E-state index in [9.17, 15) is 0 Å². The molecule has 1 heterocycles. The van der Waals surface area contributed by atoms with Crippen molar-refractivity contribution in [2.75, 3.05) is 6.54 Å². The van der Waals surface area contributed by atoms with Crippen LogP contribution in [-0.2, 0) is 0 Å². The number of hydrogen-bond donors (Lipinski definition) is 2. The summed E-state index contributed by atoms with van der Waals surface area (Å²) in [5, 5.41) is 11.6. The Kier molecular flexibility index (Phi) is 0.821. The molecule has 1 aliphatic rings. The summed E-state index contributed by atoms with van der Waals surface area (Å²) in [6.07, 6.45) is -0.148. The van der Waals surface area contributed by atoms with Crippen LogP contribution in [0.2, 0.25) is 0 Å². The van der Waals surface area contributed by atoms with Crippen LogP contribution in [0.4, 0.5) is 0 Å². The highest BCUT2D eigenvalue weighted by Crippen LogP contribution is 2.00. The Hall–Kier alpha value is -0.0800. The lowest BCUT2D eigenvalue weighted by molar-refractivity contribution is 0.193. The maximum Gasteiger partial charge on any atom is 0.0677 e. The third-order valence-electron chi connectivity index (χ3n) is 1.02. The van der Waals surface area contributed by atoms with E-state index in [1.807, 2.05) is 0 Å². The van der Waals surface area contributed by atoms with Crippen molar-refractivity contribution < 1.29 is 5.11 Å². The molecule has 1 fully saturated rings. The fourth-order valence-corrected chi connectivity index (χ4v) is 0.409. The van der Waals surface area contributed by atoms with Crippen LogP contribution in [0, 0.1) is 0 Å². The Morgan fingerprint density at radius 2 is 2.50 bits per heavy atom. The van der Waals surface area contributed by atoms with E-state index in [1.165, 1.54) is 0 Å². The van der Waals surface area contributed by atoms with Gasteiger partial charge in [-0.25, -0.2) is 0 Å². The second-order valence-electron chi connectivity index (χ2n) is 1.76. The van der Waals surface area contributed by atoms with Gasteiger partial charge in [0.2, 0.25) is 0 Å². The molecule has 36 valence electrons. The number of aliphatic hydroxyl groups is 1. The van der Waals surface area contributed by atoms with E-state index in [0.717, 1.165) is 6.54 Å². The van der Waals surface area contributed by atoms with E-state index in [1.54, 1.807) is 6.92 Å². The molecule has 0 aromatic heterocycles. The standard InChI is InChI=1S/C4H9NO/c1-3(6)4-2-5-4/h3-6H,2H2,1H3. The first-order valence-electron chi connectivity index (χ1n) is 2.22. The van der Waals surface area contributed by atoms with Crippen molar-refractivity contribution in [1.29, 1.82) is 0 Å². The molecule has 2 atom stereocenters. The molecule has 2 N–H and O–H groups in total. The fraction of sp³-hybridized carbons (Fsp3) is 1.00. The first kappa shape index (κ1) is 4.09. The van der Waals surface area contributed by atoms with Crippen LogP contribution in [0.15, 0.2) is 0 Å². The minimum atomic E-state index is -0.148. The normalized spacial score (nSPS) is 36.0. The summed E-state index contributed by atoms with van der Waals surface area (Å²) in [6, 6.07) is 0.407. The van der Waals surface area contributed by atoms with Crippen molar-refractivity contribution in [3.05, 3.63) is 0 Å². The Balaban J connectivity index is 2.13. The van der Waals surface area contributed by atoms with E-state index >= 15 is 0 Å². The van der Waals surface area contributed by atoms with Crippen molar-refractivity contribution in [2.45, 2.75) is 19.1 Å². The van der Waals surface area contributed by atoms with Gasteiger partial charge < -0.3 is 10.4 Å². The average molecular weight is 87.1 g/mol. The molecule has 2 nitrogen and oxygen atoms in total. The van der Waals surface area contributed by atoms with E-state index in [-0.39, 0.29) is 6.10 Å². The molecule has 1 saturated heterocycles. The van der Waals surface area contributed by atoms with Crippen LogP contribution in [0.1, 0.15) is 6.92 Å². The quantitative estimate of drug-likeness (QED) is 0.417. The van der Waals surface area contributed by atoms with Crippen LogP contribution in [0.5, 0.6) is 0 Å². The summed E-state index contributed by atoms with van der Waals surface area (Å²) in [4.78, 5) is 0. The highest BCUT2D eigenvalue weighted by molar-refractivity contribution is 4.87. The minimum Gasteiger partial charge on any atom is -0.392 e. The van der Waals surface area contributed by atoms with E-state index in [4.69, 9.17) is 5.11 Å². The number of hydrogen-bond acceptors (Lipinski definition) is 2. The van der Waals surface area contributed by atoms with Gasteiger partial charge in [0.25, 0.3) is 0 Å². The molecule has 0 saturated carbocycles. The zero-order valence-corrected chi connectivity index (χ0v) is 3.81. The van der Waals surface area contributed by atoms with Gasteiger partial charge in [0.15, 0.2) is 0 Å². The number of nitrogens with one attached hydrogen (secondary N) is 1. The highest BCUT2D eigenvalue weighted by Gasteiger charge is 2.24. The minimum absolute atomic E-state index is 0.148. The Labute approximate surface area is 37.2 Å². The molecule has 0 aromatic rings. The second kappa shape index (κ2) is 1.21. The molecular weight excluding hydrogens is 78.0 g/mol. The molecule has 6 heavy (non-hydrogen) atoms. The molecule has 2 heteroatoms. The predicted octanol–water partition coefficient (Wildman–Crippen LogP) is -0.661. The lowest BCUT2D eigenvalue weighted by Gasteiger charge is -1.92. The first-order chi connectivity index (χ1) is 2.80. The number of rotatable bonds is 1. The van der Waals surface area contributed by atoms with E-state index in [2.05, 4.69) is 5.32 Å². The van der Waals surface area contributed by atoms with Gasteiger partial charge in [0.1, 0.15) is 0 Å². The van der Waals surface area contributed by atoms with Crippen molar-refractivity contribution >= 4 is 0 Å². The molecule has 0 amide bonds. The summed E-state index contributed by atoms with van der Waals surface area (Å²) < 4.78 is 0. The number of aliphatic hydroxyl groups excluding tert-OH is 1. The molecule has 1 rings (SSSR count). The zero-order chi connectivity index (χ0) is 4.57. The fourth-order valence-electron chi connectivity index (χ4n) is 0.409. The smallest absolute Gasteiger partial charge is 0.0677 e. The van der Waals surface area contributed by atoms with Gasteiger partial charge in [0, 0.05) is 12.6 Å². The summed E-state index contributed by atoms with van der Waals surface area (Å²) in [6.45, 7) is 2.79.